The standard InChI is InChI=1S/C30H28N2O6S/c1-5-16-37-22-14-12-21(13-15-22)25(33)23-24(20-10-8-19(7-3)9-11-20)32(28(35)26(23)34)30-31-18(4)27(39-30)29(36)38-17-6-2/h5-6,8-15,24,33H,1-2,7,16-17H2,3-4H3/b25-23+. The lowest BCUT2D eigenvalue weighted by molar-refractivity contribution is -0.132. The van der Waals surface area contributed by atoms with Crippen LogP contribution in [0.25, 0.3) is 5.76 Å². The van der Waals surface area contributed by atoms with Gasteiger partial charge < -0.3 is 14.6 Å². The van der Waals surface area contributed by atoms with Crippen LogP contribution in [0.3, 0.4) is 0 Å². The van der Waals surface area contributed by atoms with Gasteiger partial charge in [-0.15, -0.1) is 0 Å². The number of aryl methyl sites for hydroxylation is 2. The van der Waals surface area contributed by atoms with Crippen molar-refractivity contribution >= 4 is 39.9 Å². The van der Waals surface area contributed by atoms with Gasteiger partial charge in [0.25, 0.3) is 5.78 Å². The Morgan fingerprint density at radius 2 is 1.74 bits per heavy atom. The first-order chi connectivity index (χ1) is 18.8. The second-order valence-corrected chi connectivity index (χ2v) is 9.66. The molecule has 1 atom stereocenters. The minimum Gasteiger partial charge on any atom is -0.507 e. The molecule has 1 amide bonds. The minimum absolute atomic E-state index is 0.0250. The van der Waals surface area contributed by atoms with Crippen LogP contribution in [-0.4, -0.2) is 41.0 Å². The third-order valence-corrected chi connectivity index (χ3v) is 7.29. The largest absolute Gasteiger partial charge is 0.507 e. The quantitative estimate of drug-likeness (QED) is 0.117. The molecule has 1 aliphatic rings. The summed E-state index contributed by atoms with van der Waals surface area (Å²) in [4.78, 5) is 45.3. The predicted molar refractivity (Wildman–Crippen MR) is 150 cm³/mol. The van der Waals surface area contributed by atoms with E-state index in [0.717, 1.165) is 23.3 Å². The van der Waals surface area contributed by atoms with Gasteiger partial charge in [-0.1, -0.05) is 67.8 Å². The van der Waals surface area contributed by atoms with Crippen molar-refractivity contribution in [1.82, 2.24) is 4.98 Å². The number of anilines is 1. The fourth-order valence-electron chi connectivity index (χ4n) is 4.18. The molecule has 0 spiro atoms. The van der Waals surface area contributed by atoms with E-state index in [9.17, 15) is 19.5 Å². The molecule has 1 aliphatic heterocycles. The van der Waals surface area contributed by atoms with Gasteiger partial charge >= 0.3 is 11.9 Å². The van der Waals surface area contributed by atoms with Crippen molar-refractivity contribution in [3.63, 3.8) is 0 Å². The second-order valence-electron chi connectivity index (χ2n) is 8.69. The number of aliphatic hydroxyl groups excluding tert-OH is 1. The SMILES string of the molecule is C=CCOC(=O)c1sc(N2C(=O)C(=O)/C(=C(/O)c3ccc(OCC=C)cc3)C2c2ccc(CC)cc2)nc1C. The van der Waals surface area contributed by atoms with Crippen LogP contribution in [0.5, 0.6) is 5.75 Å². The molecule has 0 bridgehead atoms. The molecule has 4 rings (SSSR count). The van der Waals surface area contributed by atoms with Crippen molar-refractivity contribution in [1.29, 1.82) is 0 Å². The number of rotatable bonds is 10. The Balaban J connectivity index is 1.83. The first-order valence-electron chi connectivity index (χ1n) is 12.3. The van der Waals surface area contributed by atoms with E-state index in [1.807, 2.05) is 31.2 Å². The Morgan fingerprint density at radius 3 is 2.36 bits per heavy atom. The zero-order valence-electron chi connectivity index (χ0n) is 21.7. The molecule has 39 heavy (non-hydrogen) atoms. The van der Waals surface area contributed by atoms with Gasteiger partial charge in [-0.2, -0.15) is 0 Å². The number of ketones is 1. The van der Waals surface area contributed by atoms with Gasteiger partial charge in [0.1, 0.15) is 29.6 Å². The highest BCUT2D eigenvalue weighted by atomic mass is 32.1. The molecular weight excluding hydrogens is 516 g/mol. The highest BCUT2D eigenvalue weighted by Crippen LogP contribution is 2.44. The Hall–Kier alpha value is -4.50. The highest BCUT2D eigenvalue weighted by Gasteiger charge is 2.48. The summed E-state index contributed by atoms with van der Waals surface area (Å²) in [5.41, 5.74) is 2.32. The summed E-state index contributed by atoms with van der Waals surface area (Å²) in [7, 11) is 0. The number of aliphatic hydroxyl groups is 1. The number of benzene rings is 2. The van der Waals surface area contributed by atoms with Crippen LogP contribution in [0.1, 0.15) is 45.0 Å². The van der Waals surface area contributed by atoms with Crippen LogP contribution in [0.15, 0.2) is 79.4 Å². The van der Waals surface area contributed by atoms with Gasteiger partial charge in [-0.05, 0) is 48.7 Å². The van der Waals surface area contributed by atoms with E-state index in [-0.39, 0.29) is 27.9 Å². The van der Waals surface area contributed by atoms with E-state index in [0.29, 0.717) is 29.2 Å². The van der Waals surface area contributed by atoms with Gasteiger partial charge in [-0.3, -0.25) is 14.5 Å². The Kier molecular flexibility index (Phi) is 8.41. The monoisotopic (exact) mass is 544 g/mol. The van der Waals surface area contributed by atoms with Gasteiger partial charge in [0.2, 0.25) is 0 Å². The lowest BCUT2D eigenvalue weighted by Crippen LogP contribution is -2.29. The summed E-state index contributed by atoms with van der Waals surface area (Å²) < 4.78 is 10.7. The van der Waals surface area contributed by atoms with Crippen LogP contribution in [0.2, 0.25) is 0 Å². The average Bonchev–Trinajstić information content (AvgIpc) is 3.46. The predicted octanol–water partition coefficient (Wildman–Crippen LogP) is 5.55. The van der Waals surface area contributed by atoms with Crippen molar-refractivity contribution in [2.24, 2.45) is 0 Å². The van der Waals surface area contributed by atoms with Crippen molar-refractivity contribution in [2.45, 2.75) is 26.3 Å². The molecule has 1 unspecified atom stereocenters. The lowest BCUT2D eigenvalue weighted by atomic mass is 9.94. The number of thiazole rings is 1. The Bertz CT molecular complexity index is 1450. The zero-order valence-corrected chi connectivity index (χ0v) is 22.5. The molecule has 200 valence electrons. The maximum atomic E-state index is 13.4. The smallest absolute Gasteiger partial charge is 0.350 e. The fourth-order valence-corrected chi connectivity index (χ4v) is 5.16. The van der Waals surface area contributed by atoms with Gasteiger partial charge in [0.05, 0.1) is 17.3 Å². The van der Waals surface area contributed by atoms with E-state index >= 15 is 0 Å². The van der Waals surface area contributed by atoms with Crippen molar-refractivity contribution < 1.29 is 29.0 Å². The summed E-state index contributed by atoms with van der Waals surface area (Å²) in [5.74, 6) is -2.07. The normalized spacial score (nSPS) is 16.3. The van der Waals surface area contributed by atoms with Crippen LogP contribution >= 0.6 is 11.3 Å². The number of carbonyl (C=O) groups excluding carboxylic acids is 3. The zero-order chi connectivity index (χ0) is 28.1. The number of esters is 1. The molecule has 2 aromatic carbocycles. The molecule has 3 aromatic rings. The number of aromatic nitrogens is 1. The highest BCUT2D eigenvalue weighted by molar-refractivity contribution is 7.17. The van der Waals surface area contributed by atoms with E-state index in [2.05, 4.69) is 18.1 Å². The molecule has 0 saturated carbocycles. The topological polar surface area (TPSA) is 106 Å². The average molecular weight is 545 g/mol. The third-order valence-electron chi connectivity index (χ3n) is 6.15. The maximum absolute atomic E-state index is 13.4. The summed E-state index contributed by atoms with van der Waals surface area (Å²) in [6.07, 6.45) is 3.87. The molecule has 2 heterocycles. The molecule has 0 radical (unpaired) electrons. The molecule has 1 fully saturated rings. The van der Waals surface area contributed by atoms with Crippen LogP contribution in [0, 0.1) is 6.92 Å². The maximum Gasteiger partial charge on any atom is 0.350 e. The number of nitrogens with zero attached hydrogens (tertiary/aromatic N) is 2. The van der Waals surface area contributed by atoms with E-state index < -0.39 is 23.7 Å². The Labute approximate surface area is 230 Å². The molecule has 1 aromatic heterocycles. The van der Waals surface area contributed by atoms with E-state index in [1.165, 1.54) is 11.0 Å². The summed E-state index contributed by atoms with van der Waals surface area (Å²) in [5, 5.41) is 11.5. The number of amides is 1. The van der Waals surface area contributed by atoms with Crippen LogP contribution < -0.4 is 9.64 Å². The molecule has 1 N–H and O–H groups in total. The van der Waals surface area contributed by atoms with Crippen molar-refractivity contribution in [3.05, 3.63) is 107 Å². The first-order valence-corrected chi connectivity index (χ1v) is 13.1. The minimum atomic E-state index is -0.963. The fraction of sp³-hybridized carbons (Fsp3) is 0.200. The van der Waals surface area contributed by atoms with Crippen molar-refractivity contribution in [2.75, 3.05) is 18.1 Å². The Morgan fingerprint density at radius 1 is 1.08 bits per heavy atom. The van der Waals surface area contributed by atoms with Gasteiger partial charge in [0, 0.05) is 5.56 Å². The number of hydrogen-bond acceptors (Lipinski definition) is 8. The molecular formula is C30H28N2O6S. The summed E-state index contributed by atoms with van der Waals surface area (Å²) in [6.45, 7) is 11.2. The van der Waals surface area contributed by atoms with Crippen LogP contribution in [0.4, 0.5) is 5.13 Å². The summed E-state index contributed by atoms with van der Waals surface area (Å²) >= 11 is 0.950. The molecule has 9 heteroatoms. The molecule has 8 nitrogen and oxygen atoms in total. The van der Waals surface area contributed by atoms with Crippen LogP contribution in [-0.2, 0) is 20.7 Å². The van der Waals surface area contributed by atoms with Crippen molar-refractivity contribution in [3.8, 4) is 5.75 Å². The lowest BCUT2D eigenvalue weighted by Gasteiger charge is -2.23. The molecule has 0 aliphatic carbocycles. The van der Waals surface area contributed by atoms with E-state index in [4.69, 9.17) is 9.47 Å². The summed E-state index contributed by atoms with van der Waals surface area (Å²) in [6, 6.07) is 13.0. The van der Waals surface area contributed by atoms with Gasteiger partial charge in [-0.25, -0.2) is 9.78 Å². The third kappa shape index (κ3) is 5.53. The molecule has 1 saturated heterocycles. The second kappa shape index (κ2) is 11.9. The van der Waals surface area contributed by atoms with Gasteiger partial charge in [0.15, 0.2) is 5.13 Å². The number of carbonyl (C=O) groups is 3. The number of hydrogen-bond donors (Lipinski definition) is 1. The van der Waals surface area contributed by atoms with E-state index in [1.54, 1.807) is 37.3 Å². The number of ether oxygens (including phenoxy) is 2. The first kappa shape index (κ1) is 27.5. The number of Topliss-reactive ketones (excluding diaryl/α,β-unsaturated/α-hetero) is 1.